The van der Waals surface area contributed by atoms with E-state index in [0.717, 1.165) is 37.7 Å². The van der Waals surface area contributed by atoms with Crippen LogP contribution in [0.25, 0.3) is 0 Å². The first kappa shape index (κ1) is 19.8. The van der Waals surface area contributed by atoms with Gasteiger partial charge in [-0.3, -0.25) is 4.79 Å². The number of carbonyl (C=O) groups is 1. The van der Waals surface area contributed by atoms with Gasteiger partial charge in [-0.1, -0.05) is 49.2 Å². The van der Waals surface area contributed by atoms with Gasteiger partial charge >= 0.3 is 0 Å². The monoisotopic (exact) mass is 430 g/mol. The molecule has 1 spiro atoms. The van der Waals surface area contributed by atoms with E-state index in [1.54, 1.807) is 5.01 Å². The van der Waals surface area contributed by atoms with E-state index in [2.05, 4.69) is 5.10 Å². The zero-order valence-electron chi connectivity index (χ0n) is 16.7. The van der Waals surface area contributed by atoms with Crippen molar-refractivity contribution in [2.24, 2.45) is 11.0 Å². The van der Waals surface area contributed by atoms with Crippen LogP contribution in [0.4, 0.5) is 8.78 Å². The maximum Gasteiger partial charge on any atom is 0.247 e. The molecule has 1 saturated carbocycles. The number of alkyl halides is 1. The SMILES string of the molecule is O=C(C1CCCCC1)N1N=C(C2=CC(F)CC=C2F)SC12CCOc1ccccc12. The summed E-state index contributed by atoms with van der Waals surface area (Å²) in [7, 11) is 0. The van der Waals surface area contributed by atoms with Crippen LogP contribution in [0.15, 0.2) is 52.9 Å². The molecule has 2 aliphatic heterocycles. The predicted octanol–water partition coefficient (Wildman–Crippen LogP) is 5.61. The van der Waals surface area contributed by atoms with E-state index in [4.69, 9.17) is 4.74 Å². The molecule has 158 valence electrons. The van der Waals surface area contributed by atoms with Crippen LogP contribution in [0.5, 0.6) is 5.75 Å². The molecule has 0 N–H and O–H groups in total. The van der Waals surface area contributed by atoms with Crippen LogP contribution in [0.2, 0.25) is 0 Å². The average molecular weight is 431 g/mol. The Bertz CT molecular complexity index is 954. The number of hydrogen-bond donors (Lipinski definition) is 0. The zero-order chi connectivity index (χ0) is 20.7. The molecular formula is C23H24F2N2O2S. The molecular weight excluding hydrogens is 406 g/mol. The molecule has 2 heterocycles. The first-order valence-corrected chi connectivity index (χ1v) is 11.5. The molecule has 7 heteroatoms. The first-order valence-electron chi connectivity index (χ1n) is 10.6. The van der Waals surface area contributed by atoms with Gasteiger partial charge in [-0.15, -0.1) is 0 Å². The second-order valence-electron chi connectivity index (χ2n) is 8.26. The molecule has 2 aliphatic carbocycles. The quantitative estimate of drug-likeness (QED) is 0.612. The number of rotatable bonds is 2. The summed E-state index contributed by atoms with van der Waals surface area (Å²) in [5.74, 6) is 0.138. The molecule has 0 aromatic heterocycles. The third kappa shape index (κ3) is 3.27. The number of para-hydroxylation sites is 1. The third-order valence-corrected chi connectivity index (χ3v) is 7.76. The minimum absolute atomic E-state index is 0.0218. The largest absolute Gasteiger partial charge is 0.493 e. The first-order chi connectivity index (χ1) is 14.6. The van der Waals surface area contributed by atoms with Gasteiger partial charge < -0.3 is 4.74 Å². The number of allylic oxidation sites excluding steroid dienone is 3. The summed E-state index contributed by atoms with van der Waals surface area (Å²) < 4.78 is 34.5. The molecule has 0 radical (unpaired) electrons. The van der Waals surface area contributed by atoms with Crippen molar-refractivity contribution in [3.05, 3.63) is 53.4 Å². The minimum atomic E-state index is -1.25. The highest BCUT2D eigenvalue weighted by Crippen LogP contribution is 2.55. The van der Waals surface area contributed by atoms with Gasteiger partial charge in [0.15, 0.2) is 0 Å². The van der Waals surface area contributed by atoms with E-state index in [9.17, 15) is 13.6 Å². The Morgan fingerprint density at radius 2 is 2.03 bits per heavy atom. The van der Waals surface area contributed by atoms with Crippen LogP contribution in [0.1, 0.15) is 50.5 Å². The second-order valence-corrected chi connectivity index (χ2v) is 9.52. The lowest BCUT2D eigenvalue weighted by Gasteiger charge is -2.41. The molecule has 5 rings (SSSR count). The summed E-state index contributed by atoms with van der Waals surface area (Å²) >= 11 is 1.35. The van der Waals surface area contributed by atoms with Crippen LogP contribution in [0, 0.1) is 5.92 Å². The van der Waals surface area contributed by atoms with Crippen molar-refractivity contribution in [1.82, 2.24) is 5.01 Å². The van der Waals surface area contributed by atoms with Gasteiger partial charge in [-0.2, -0.15) is 5.10 Å². The van der Waals surface area contributed by atoms with E-state index in [-0.39, 0.29) is 23.8 Å². The fourth-order valence-electron chi connectivity index (χ4n) is 4.76. The highest BCUT2D eigenvalue weighted by Gasteiger charge is 2.53. The topological polar surface area (TPSA) is 41.9 Å². The van der Waals surface area contributed by atoms with Crippen LogP contribution >= 0.6 is 11.8 Å². The molecule has 30 heavy (non-hydrogen) atoms. The van der Waals surface area contributed by atoms with Crippen molar-refractivity contribution >= 4 is 22.7 Å². The number of hydrogen-bond acceptors (Lipinski definition) is 4. The van der Waals surface area contributed by atoms with Gasteiger partial charge in [0.25, 0.3) is 0 Å². The van der Waals surface area contributed by atoms with E-state index >= 15 is 0 Å². The van der Waals surface area contributed by atoms with Crippen molar-refractivity contribution in [2.45, 2.75) is 56.0 Å². The molecule has 4 nitrogen and oxygen atoms in total. The van der Waals surface area contributed by atoms with E-state index in [1.807, 2.05) is 24.3 Å². The molecule has 1 fully saturated rings. The molecule has 0 saturated heterocycles. The number of thioether (sulfide) groups is 1. The van der Waals surface area contributed by atoms with Crippen LogP contribution < -0.4 is 4.74 Å². The smallest absolute Gasteiger partial charge is 0.247 e. The van der Waals surface area contributed by atoms with E-state index in [0.29, 0.717) is 23.8 Å². The molecule has 2 unspecified atom stereocenters. The van der Waals surface area contributed by atoms with Gasteiger partial charge in [0, 0.05) is 29.9 Å². The Kier molecular flexibility index (Phi) is 5.17. The normalized spacial score (nSPS) is 29.1. The summed E-state index contributed by atoms with van der Waals surface area (Å²) in [4.78, 5) is 12.8. The van der Waals surface area contributed by atoms with Crippen LogP contribution in [0.3, 0.4) is 0 Å². The molecule has 1 amide bonds. The molecule has 1 aromatic rings. The average Bonchev–Trinajstić information content (AvgIpc) is 3.15. The highest BCUT2D eigenvalue weighted by molar-refractivity contribution is 8.15. The van der Waals surface area contributed by atoms with E-state index in [1.165, 1.54) is 23.9 Å². The van der Waals surface area contributed by atoms with Crippen molar-refractivity contribution in [1.29, 1.82) is 0 Å². The van der Waals surface area contributed by atoms with Gasteiger partial charge in [0.2, 0.25) is 5.91 Å². The Labute approximate surface area is 179 Å². The molecule has 0 bridgehead atoms. The maximum atomic E-state index is 14.6. The fraction of sp³-hybridized carbons (Fsp3) is 0.478. The second kappa shape index (κ2) is 7.84. The van der Waals surface area contributed by atoms with Crippen molar-refractivity contribution in [3.63, 3.8) is 0 Å². The van der Waals surface area contributed by atoms with Crippen LogP contribution in [-0.4, -0.2) is 28.7 Å². The number of nitrogens with zero attached hydrogens (tertiary/aromatic N) is 2. The number of amides is 1. The summed E-state index contributed by atoms with van der Waals surface area (Å²) in [6, 6.07) is 7.64. The summed E-state index contributed by atoms with van der Waals surface area (Å²) in [5.41, 5.74) is 1.02. The Balaban J connectivity index is 1.58. The number of benzene rings is 1. The lowest BCUT2D eigenvalue weighted by atomic mass is 9.87. The highest BCUT2D eigenvalue weighted by atomic mass is 32.2. The third-order valence-electron chi connectivity index (χ3n) is 6.33. The number of fused-ring (bicyclic) bond motifs is 2. The van der Waals surface area contributed by atoms with Gasteiger partial charge in [-0.05, 0) is 31.1 Å². The number of ether oxygens (including phenoxy) is 1. The summed E-state index contributed by atoms with van der Waals surface area (Å²) in [6.45, 7) is 0.435. The van der Waals surface area contributed by atoms with Crippen LogP contribution in [-0.2, 0) is 9.67 Å². The number of carbonyl (C=O) groups excluding carboxylic acids is 1. The van der Waals surface area contributed by atoms with Gasteiger partial charge in [0.05, 0.1) is 6.61 Å². The van der Waals surface area contributed by atoms with Crippen molar-refractivity contribution in [2.75, 3.05) is 6.61 Å². The Morgan fingerprint density at radius 3 is 2.87 bits per heavy atom. The predicted molar refractivity (Wildman–Crippen MR) is 113 cm³/mol. The van der Waals surface area contributed by atoms with Crippen molar-refractivity contribution in [3.8, 4) is 5.75 Å². The number of hydrazone groups is 1. The molecule has 4 aliphatic rings. The van der Waals surface area contributed by atoms with Gasteiger partial charge in [0.1, 0.15) is 27.7 Å². The zero-order valence-corrected chi connectivity index (χ0v) is 17.5. The molecule has 2 atom stereocenters. The maximum absolute atomic E-state index is 14.6. The fourth-order valence-corrected chi connectivity index (χ4v) is 6.16. The Morgan fingerprint density at radius 1 is 1.23 bits per heavy atom. The van der Waals surface area contributed by atoms with Gasteiger partial charge in [-0.25, -0.2) is 13.8 Å². The summed E-state index contributed by atoms with van der Waals surface area (Å²) in [6.07, 6.45) is 6.79. The lowest BCUT2D eigenvalue weighted by molar-refractivity contribution is -0.140. The molecule has 1 aromatic carbocycles. The standard InChI is InChI=1S/C23H24F2N2O2S/c24-16-10-11-19(25)17(14-16)21-26-27(22(28)15-6-2-1-3-7-15)23(30-21)12-13-29-20-9-5-4-8-18(20)23/h4-5,8-9,11,14-16H,1-3,6-7,10,12-13H2. The lowest BCUT2D eigenvalue weighted by Crippen LogP contribution is -2.47. The number of halogens is 2. The van der Waals surface area contributed by atoms with Crippen molar-refractivity contribution < 1.29 is 18.3 Å². The summed E-state index contributed by atoms with van der Waals surface area (Å²) in [5, 5.41) is 6.58. The Hall–Kier alpha value is -2.15. The minimum Gasteiger partial charge on any atom is -0.493 e. The van der Waals surface area contributed by atoms with E-state index < -0.39 is 16.9 Å².